The lowest BCUT2D eigenvalue weighted by atomic mass is 9.60. The van der Waals surface area contributed by atoms with Gasteiger partial charge in [-0.15, -0.1) is 0 Å². The van der Waals surface area contributed by atoms with Crippen molar-refractivity contribution in [3.8, 4) is 0 Å². The fraction of sp³-hybridized carbons (Fsp3) is 0.905. The van der Waals surface area contributed by atoms with Crippen LogP contribution in [-0.2, 0) is 9.59 Å². The molecule has 2 N–H and O–H groups in total. The average molecular weight is 350 g/mol. The van der Waals surface area contributed by atoms with Crippen molar-refractivity contribution in [2.24, 2.45) is 35.0 Å². The monoisotopic (exact) mass is 350 g/mol. The van der Waals surface area contributed by atoms with Crippen LogP contribution in [-0.4, -0.2) is 22.2 Å². The Kier molecular flexibility index (Phi) is 5.75. The van der Waals surface area contributed by atoms with Gasteiger partial charge < -0.3 is 10.2 Å². The Hall–Kier alpha value is -1.06. The predicted octanol–water partition coefficient (Wildman–Crippen LogP) is 4.96. The van der Waals surface area contributed by atoms with E-state index in [2.05, 4.69) is 0 Å². The molecule has 3 rings (SSSR count). The summed E-state index contributed by atoms with van der Waals surface area (Å²) >= 11 is 0. The highest BCUT2D eigenvalue weighted by Gasteiger charge is 2.46. The van der Waals surface area contributed by atoms with E-state index in [1.165, 1.54) is 64.7 Å². The van der Waals surface area contributed by atoms with Gasteiger partial charge in [0.1, 0.15) is 0 Å². The molecular formula is C21H34O4. The van der Waals surface area contributed by atoms with Gasteiger partial charge in [-0.3, -0.25) is 9.59 Å². The van der Waals surface area contributed by atoms with Crippen molar-refractivity contribution in [1.29, 1.82) is 0 Å². The Morgan fingerprint density at radius 2 is 1.32 bits per heavy atom. The number of hydrogen-bond acceptors (Lipinski definition) is 2. The summed E-state index contributed by atoms with van der Waals surface area (Å²) in [7, 11) is 0. The van der Waals surface area contributed by atoms with Crippen molar-refractivity contribution >= 4 is 11.9 Å². The van der Waals surface area contributed by atoms with E-state index >= 15 is 0 Å². The van der Waals surface area contributed by atoms with Crippen LogP contribution >= 0.6 is 0 Å². The molecule has 3 aliphatic carbocycles. The molecule has 3 fully saturated rings. The summed E-state index contributed by atoms with van der Waals surface area (Å²) < 4.78 is 0. The Morgan fingerprint density at radius 1 is 0.760 bits per heavy atom. The minimum Gasteiger partial charge on any atom is -0.480 e. The van der Waals surface area contributed by atoms with Crippen molar-refractivity contribution < 1.29 is 19.8 Å². The van der Waals surface area contributed by atoms with Crippen molar-refractivity contribution in [3.05, 3.63) is 0 Å². The lowest BCUT2D eigenvalue weighted by Crippen LogP contribution is -2.40. The first-order chi connectivity index (χ1) is 11.9. The number of hydrogen-bond donors (Lipinski definition) is 2. The van der Waals surface area contributed by atoms with E-state index in [0.717, 1.165) is 30.6 Å². The van der Waals surface area contributed by atoms with Crippen LogP contribution < -0.4 is 0 Å². The molecule has 4 nitrogen and oxygen atoms in total. The van der Waals surface area contributed by atoms with Gasteiger partial charge in [0.15, 0.2) is 5.41 Å². The quantitative estimate of drug-likeness (QED) is 0.687. The summed E-state index contributed by atoms with van der Waals surface area (Å²) in [5.74, 6) is 1.16. The second kappa shape index (κ2) is 7.67. The van der Waals surface area contributed by atoms with Crippen molar-refractivity contribution in [2.45, 2.75) is 84.0 Å². The van der Waals surface area contributed by atoms with Crippen LogP contribution in [0.2, 0.25) is 0 Å². The summed E-state index contributed by atoms with van der Waals surface area (Å²) in [5.41, 5.74) is -1.63. The molecule has 0 heterocycles. The van der Waals surface area contributed by atoms with Gasteiger partial charge in [-0.1, -0.05) is 38.5 Å². The standard InChI is InChI=1S/C21H34O4/c1-21(19(22)23,20(24)25)13-14-7-8-16-9-10-17(12-18(16)11-14)15-5-3-2-4-6-15/h14-18H,2-13H2,1H3,(H,22,23)(H,24,25). The van der Waals surface area contributed by atoms with Crippen LogP contribution in [0.4, 0.5) is 0 Å². The molecular weight excluding hydrogens is 316 g/mol. The second-order valence-electron chi connectivity index (χ2n) is 9.32. The molecule has 0 aromatic heterocycles. The van der Waals surface area contributed by atoms with E-state index in [1.54, 1.807) is 0 Å². The Bertz CT molecular complexity index is 480. The molecule has 3 aliphatic rings. The SMILES string of the molecule is CC(CC1CCC2CCC(C3CCCCC3)CC2C1)(C(=O)O)C(=O)O. The minimum absolute atomic E-state index is 0.253. The molecule has 3 saturated carbocycles. The molecule has 0 amide bonds. The van der Waals surface area contributed by atoms with Crippen molar-refractivity contribution in [3.63, 3.8) is 0 Å². The first-order valence-electron chi connectivity index (χ1n) is 10.4. The van der Waals surface area contributed by atoms with E-state index in [4.69, 9.17) is 0 Å². The van der Waals surface area contributed by atoms with E-state index in [1.807, 2.05) is 0 Å². The van der Waals surface area contributed by atoms with Crippen molar-refractivity contribution in [2.75, 3.05) is 0 Å². The van der Waals surface area contributed by atoms with Gasteiger partial charge in [-0.2, -0.15) is 0 Å². The van der Waals surface area contributed by atoms with Crippen LogP contribution in [0.25, 0.3) is 0 Å². The number of rotatable bonds is 5. The highest BCUT2D eigenvalue weighted by Crippen LogP contribution is 2.50. The molecule has 4 heteroatoms. The molecule has 0 saturated heterocycles. The van der Waals surface area contributed by atoms with Crippen LogP contribution in [0.15, 0.2) is 0 Å². The smallest absolute Gasteiger partial charge is 0.320 e. The maximum Gasteiger partial charge on any atom is 0.320 e. The zero-order valence-electron chi connectivity index (χ0n) is 15.6. The number of carboxylic acids is 2. The van der Waals surface area contributed by atoms with Gasteiger partial charge in [-0.05, 0) is 75.0 Å². The fourth-order valence-electron chi connectivity index (χ4n) is 6.09. The third kappa shape index (κ3) is 4.03. The van der Waals surface area contributed by atoms with Crippen LogP contribution in [0.5, 0.6) is 0 Å². The van der Waals surface area contributed by atoms with E-state index in [-0.39, 0.29) is 12.3 Å². The average Bonchev–Trinajstić information content (AvgIpc) is 2.61. The van der Waals surface area contributed by atoms with Crippen molar-refractivity contribution in [1.82, 2.24) is 0 Å². The number of aliphatic carboxylic acids is 2. The summed E-state index contributed by atoms with van der Waals surface area (Å²) in [4.78, 5) is 23.0. The van der Waals surface area contributed by atoms with Crippen LogP contribution in [0, 0.1) is 35.0 Å². The summed E-state index contributed by atoms with van der Waals surface area (Å²) in [6.07, 6.45) is 14.5. The van der Waals surface area contributed by atoms with Crippen LogP contribution in [0.1, 0.15) is 84.0 Å². The van der Waals surface area contributed by atoms with E-state index in [9.17, 15) is 19.8 Å². The summed E-state index contributed by atoms with van der Waals surface area (Å²) in [6.45, 7) is 1.38. The maximum absolute atomic E-state index is 11.5. The molecule has 4 unspecified atom stereocenters. The molecule has 25 heavy (non-hydrogen) atoms. The van der Waals surface area contributed by atoms with Gasteiger partial charge in [0.25, 0.3) is 0 Å². The van der Waals surface area contributed by atoms with Gasteiger partial charge >= 0.3 is 11.9 Å². The molecule has 0 aliphatic heterocycles. The molecule has 142 valence electrons. The molecule has 4 atom stereocenters. The lowest BCUT2D eigenvalue weighted by Gasteiger charge is -2.45. The molecule has 0 radical (unpaired) electrons. The van der Waals surface area contributed by atoms with E-state index < -0.39 is 17.4 Å². The maximum atomic E-state index is 11.5. The molecule has 0 spiro atoms. The van der Waals surface area contributed by atoms with Crippen LogP contribution in [0.3, 0.4) is 0 Å². The van der Waals surface area contributed by atoms with Gasteiger partial charge in [0.05, 0.1) is 0 Å². The number of carboxylic acid groups (broad SMARTS) is 2. The topological polar surface area (TPSA) is 74.6 Å². The third-order valence-electron chi connectivity index (χ3n) is 7.72. The highest BCUT2D eigenvalue weighted by atomic mass is 16.4. The molecule has 0 aromatic carbocycles. The Morgan fingerprint density at radius 3 is 1.96 bits per heavy atom. The first kappa shape index (κ1) is 18.7. The zero-order chi connectivity index (χ0) is 18.0. The number of fused-ring (bicyclic) bond motifs is 1. The predicted molar refractivity (Wildman–Crippen MR) is 96.2 cm³/mol. The van der Waals surface area contributed by atoms with Gasteiger partial charge in [0, 0.05) is 0 Å². The van der Waals surface area contributed by atoms with Gasteiger partial charge in [-0.25, -0.2) is 0 Å². The third-order valence-corrected chi connectivity index (χ3v) is 7.72. The Balaban J connectivity index is 1.60. The normalized spacial score (nSPS) is 34.3. The summed E-state index contributed by atoms with van der Waals surface area (Å²) in [5, 5.41) is 18.8. The summed E-state index contributed by atoms with van der Waals surface area (Å²) in [6, 6.07) is 0. The minimum atomic E-state index is -1.63. The molecule has 0 aromatic rings. The van der Waals surface area contributed by atoms with Gasteiger partial charge in [0.2, 0.25) is 0 Å². The molecule has 0 bridgehead atoms. The largest absolute Gasteiger partial charge is 0.480 e. The number of carbonyl (C=O) groups is 2. The Labute approximate surface area is 151 Å². The highest BCUT2D eigenvalue weighted by molar-refractivity contribution is 5.97. The zero-order valence-corrected chi connectivity index (χ0v) is 15.6. The fourth-order valence-corrected chi connectivity index (χ4v) is 6.09. The van der Waals surface area contributed by atoms with E-state index in [0.29, 0.717) is 5.92 Å². The first-order valence-corrected chi connectivity index (χ1v) is 10.4. The lowest BCUT2D eigenvalue weighted by molar-refractivity contribution is -0.165. The second-order valence-corrected chi connectivity index (χ2v) is 9.32.